The smallest absolute Gasteiger partial charge is 0.322 e. The van der Waals surface area contributed by atoms with E-state index in [-0.39, 0.29) is 24.4 Å². The molecule has 0 saturated heterocycles. The Morgan fingerprint density at radius 3 is 2.62 bits per heavy atom. The molecule has 0 unspecified atom stereocenters. The Bertz CT molecular complexity index is 764. The van der Waals surface area contributed by atoms with E-state index < -0.39 is 11.9 Å². The number of amides is 1. The number of benzene rings is 1. The van der Waals surface area contributed by atoms with Crippen molar-refractivity contribution in [1.29, 1.82) is 0 Å². The number of carbonyl (C=O) groups is 2. The number of carbonyl (C=O) groups excluding carboxylic acids is 1. The number of carboxylic acids is 1. The van der Waals surface area contributed by atoms with Crippen molar-refractivity contribution in [2.45, 2.75) is 6.61 Å². The lowest BCUT2D eigenvalue weighted by Gasteiger charge is -2.11. The second-order valence-corrected chi connectivity index (χ2v) is 4.69. The fourth-order valence-electron chi connectivity index (χ4n) is 1.85. The quantitative estimate of drug-likeness (QED) is 0.433. The number of nitrogens with one attached hydrogen (secondary N) is 1. The molecule has 0 aliphatic heterocycles. The fourth-order valence-corrected chi connectivity index (χ4v) is 1.85. The maximum atomic E-state index is 11.3. The Labute approximate surface area is 137 Å². The van der Waals surface area contributed by atoms with Crippen LogP contribution in [0, 0.1) is 0 Å². The molecule has 2 aromatic rings. The number of nitrogens with two attached hydrogens (primary N) is 2. The normalized spacial score (nSPS) is 10.0. The van der Waals surface area contributed by atoms with Crippen LogP contribution in [-0.2, 0) is 16.2 Å². The molecule has 0 atom stereocenters. The third kappa shape index (κ3) is 4.50. The van der Waals surface area contributed by atoms with Crippen LogP contribution in [0.2, 0.25) is 0 Å². The molecule has 1 amide bonds. The van der Waals surface area contributed by atoms with Gasteiger partial charge in [-0.05, 0) is 24.3 Å². The molecular formula is C15H16N5O4+. The maximum absolute atomic E-state index is 11.3. The van der Waals surface area contributed by atoms with Gasteiger partial charge in [0.25, 0.3) is 5.71 Å². The SMILES string of the molecule is NC(=O)C(=[NH2+])c1cc(OCc2ncccn2)ccc1NCC(=O)O. The second kappa shape index (κ2) is 7.68. The van der Waals surface area contributed by atoms with Gasteiger partial charge < -0.3 is 20.9 Å². The molecule has 9 nitrogen and oxygen atoms in total. The number of aliphatic carboxylic acids is 1. The van der Waals surface area contributed by atoms with Gasteiger partial charge in [-0.25, -0.2) is 15.4 Å². The third-order valence-corrected chi connectivity index (χ3v) is 2.96. The second-order valence-electron chi connectivity index (χ2n) is 4.69. The molecule has 6 N–H and O–H groups in total. The zero-order valence-electron chi connectivity index (χ0n) is 12.6. The number of aromatic nitrogens is 2. The zero-order valence-corrected chi connectivity index (χ0v) is 12.6. The van der Waals surface area contributed by atoms with Gasteiger partial charge in [0.15, 0.2) is 5.82 Å². The van der Waals surface area contributed by atoms with E-state index >= 15 is 0 Å². The van der Waals surface area contributed by atoms with E-state index in [1.165, 1.54) is 6.07 Å². The van der Waals surface area contributed by atoms with Gasteiger partial charge in [0.2, 0.25) is 0 Å². The lowest BCUT2D eigenvalue weighted by atomic mass is 10.1. The van der Waals surface area contributed by atoms with Crippen molar-refractivity contribution in [2.24, 2.45) is 5.73 Å². The van der Waals surface area contributed by atoms with Crippen molar-refractivity contribution in [3.63, 3.8) is 0 Å². The van der Waals surface area contributed by atoms with Gasteiger partial charge in [-0.2, -0.15) is 0 Å². The van der Waals surface area contributed by atoms with Gasteiger partial charge in [-0.3, -0.25) is 9.59 Å². The monoisotopic (exact) mass is 330 g/mol. The zero-order chi connectivity index (χ0) is 17.5. The van der Waals surface area contributed by atoms with Crippen molar-refractivity contribution in [3.05, 3.63) is 48.0 Å². The van der Waals surface area contributed by atoms with Crippen LogP contribution in [0.15, 0.2) is 36.7 Å². The third-order valence-electron chi connectivity index (χ3n) is 2.96. The first-order valence-electron chi connectivity index (χ1n) is 6.88. The minimum absolute atomic E-state index is 0.124. The highest BCUT2D eigenvalue weighted by Gasteiger charge is 2.20. The summed E-state index contributed by atoms with van der Waals surface area (Å²) in [6.07, 6.45) is 3.18. The molecule has 1 aromatic heterocycles. The minimum Gasteiger partial charge on any atom is -0.486 e. The van der Waals surface area contributed by atoms with Gasteiger partial charge in [0, 0.05) is 18.1 Å². The van der Waals surface area contributed by atoms with Crippen LogP contribution >= 0.6 is 0 Å². The Balaban J connectivity index is 2.21. The molecule has 0 aliphatic carbocycles. The van der Waals surface area contributed by atoms with Gasteiger partial charge in [-0.15, -0.1) is 0 Å². The van der Waals surface area contributed by atoms with Crippen molar-refractivity contribution in [3.8, 4) is 5.75 Å². The number of rotatable bonds is 8. The maximum Gasteiger partial charge on any atom is 0.322 e. The van der Waals surface area contributed by atoms with E-state index in [0.29, 0.717) is 17.3 Å². The summed E-state index contributed by atoms with van der Waals surface area (Å²) < 4.78 is 5.55. The van der Waals surface area contributed by atoms with Crippen LogP contribution in [0.25, 0.3) is 0 Å². The lowest BCUT2D eigenvalue weighted by Crippen LogP contribution is -2.48. The fraction of sp³-hybridized carbons (Fsp3) is 0.133. The molecule has 1 heterocycles. The Morgan fingerprint density at radius 1 is 1.29 bits per heavy atom. The predicted molar refractivity (Wildman–Crippen MR) is 84.2 cm³/mol. The molecule has 0 aliphatic rings. The first-order valence-corrected chi connectivity index (χ1v) is 6.88. The summed E-state index contributed by atoms with van der Waals surface area (Å²) in [6.45, 7) is -0.213. The average molecular weight is 330 g/mol. The number of carboxylic acid groups (broad SMARTS) is 1. The molecule has 0 saturated carbocycles. The molecule has 1 aromatic carbocycles. The molecule has 24 heavy (non-hydrogen) atoms. The summed E-state index contributed by atoms with van der Waals surface area (Å²) >= 11 is 0. The number of hydrogen-bond acceptors (Lipinski definition) is 6. The number of hydrogen-bond donors (Lipinski definition) is 4. The van der Waals surface area contributed by atoms with Crippen LogP contribution in [0.3, 0.4) is 0 Å². The highest BCUT2D eigenvalue weighted by atomic mass is 16.5. The molecule has 124 valence electrons. The summed E-state index contributed by atoms with van der Waals surface area (Å²) in [5.41, 5.74) is 5.62. The molecule has 9 heteroatoms. The number of anilines is 1. The van der Waals surface area contributed by atoms with Crippen LogP contribution in [-0.4, -0.2) is 39.2 Å². The minimum atomic E-state index is -1.06. The van der Waals surface area contributed by atoms with Crippen molar-refractivity contribution in [2.75, 3.05) is 11.9 Å². The van der Waals surface area contributed by atoms with Crippen molar-refractivity contribution in [1.82, 2.24) is 9.97 Å². The highest BCUT2D eigenvalue weighted by Crippen LogP contribution is 2.22. The number of ether oxygens (including phenoxy) is 1. The van der Waals surface area contributed by atoms with Crippen LogP contribution in [0.1, 0.15) is 11.4 Å². The molecular weight excluding hydrogens is 314 g/mol. The Kier molecular flexibility index (Phi) is 5.40. The topological polar surface area (TPSA) is 153 Å². The largest absolute Gasteiger partial charge is 0.486 e. The first-order chi connectivity index (χ1) is 11.5. The van der Waals surface area contributed by atoms with E-state index in [2.05, 4.69) is 15.3 Å². The molecule has 0 radical (unpaired) electrons. The standard InChI is InChI=1S/C15H15N5O4/c16-14(15(17)23)10-6-9(2-3-11(10)20-7-13(21)22)24-8-12-18-4-1-5-19-12/h1-6,16,20H,7-8H2,(H2,17,23)(H,21,22)/p+1. The van der Waals surface area contributed by atoms with E-state index in [9.17, 15) is 9.59 Å². The van der Waals surface area contributed by atoms with E-state index in [1.807, 2.05) is 0 Å². The van der Waals surface area contributed by atoms with Gasteiger partial charge in [-0.1, -0.05) is 0 Å². The van der Waals surface area contributed by atoms with E-state index in [1.54, 1.807) is 30.6 Å². The van der Waals surface area contributed by atoms with Crippen molar-refractivity contribution < 1.29 is 24.8 Å². The van der Waals surface area contributed by atoms with Crippen LogP contribution in [0.5, 0.6) is 5.75 Å². The number of nitrogens with zero attached hydrogens (tertiary/aromatic N) is 2. The molecule has 0 bridgehead atoms. The summed E-state index contributed by atoms with van der Waals surface area (Å²) in [5.74, 6) is -0.987. The van der Waals surface area contributed by atoms with E-state index in [4.69, 9.17) is 21.0 Å². The predicted octanol–water partition coefficient (Wildman–Crippen LogP) is -1.41. The molecule has 0 spiro atoms. The van der Waals surface area contributed by atoms with Crippen LogP contribution in [0.4, 0.5) is 5.69 Å². The van der Waals surface area contributed by atoms with Gasteiger partial charge in [0.1, 0.15) is 18.9 Å². The number of primary amides is 1. The summed E-state index contributed by atoms with van der Waals surface area (Å²) in [7, 11) is 0. The first kappa shape index (κ1) is 16.9. The Morgan fingerprint density at radius 2 is 2.00 bits per heavy atom. The Hall–Kier alpha value is -3.49. The lowest BCUT2D eigenvalue weighted by molar-refractivity contribution is -0.135. The van der Waals surface area contributed by atoms with Crippen LogP contribution < -0.4 is 21.2 Å². The van der Waals surface area contributed by atoms with Gasteiger partial charge >= 0.3 is 11.9 Å². The van der Waals surface area contributed by atoms with Crippen molar-refractivity contribution >= 4 is 23.3 Å². The summed E-state index contributed by atoms with van der Waals surface area (Å²) in [5, 5.41) is 17.1. The molecule has 0 fully saturated rings. The molecule has 2 rings (SSSR count). The summed E-state index contributed by atoms with van der Waals surface area (Å²) in [4.78, 5) is 30.1. The average Bonchev–Trinajstić information content (AvgIpc) is 2.58. The summed E-state index contributed by atoms with van der Waals surface area (Å²) in [6, 6.07) is 6.33. The van der Waals surface area contributed by atoms with E-state index in [0.717, 1.165) is 0 Å². The van der Waals surface area contributed by atoms with Gasteiger partial charge in [0.05, 0.1) is 5.56 Å². The highest BCUT2D eigenvalue weighted by molar-refractivity contribution is 6.43.